The van der Waals surface area contributed by atoms with Crippen molar-refractivity contribution in [1.82, 2.24) is 10.1 Å². The molecule has 2 atom stereocenters. The SMILES string of the molecule is CCOC1(c2noc(C3CCCC3N)n2)CCCC1. The van der Waals surface area contributed by atoms with E-state index in [4.69, 9.17) is 15.0 Å². The van der Waals surface area contributed by atoms with Crippen molar-refractivity contribution in [3.8, 4) is 0 Å². The van der Waals surface area contributed by atoms with E-state index in [9.17, 15) is 0 Å². The second-order valence-electron chi connectivity index (χ2n) is 5.79. The summed E-state index contributed by atoms with van der Waals surface area (Å²) in [6.07, 6.45) is 7.61. The van der Waals surface area contributed by atoms with Gasteiger partial charge in [-0.3, -0.25) is 0 Å². The minimum atomic E-state index is -0.306. The van der Waals surface area contributed by atoms with E-state index in [2.05, 4.69) is 10.1 Å². The summed E-state index contributed by atoms with van der Waals surface area (Å²) in [5.74, 6) is 1.69. The lowest BCUT2D eigenvalue weighted by Crippen LogP contribution is -2.28. The first-order valence-electron chi connectivity index (χ1n) is 7.49. The Bertz CT molecular complexity index is 426. The predicted molar refractivity (Wildman–Crippen MR) is 70.6 cm³/mol. The summed E-state index contributed by atoms with van der Waals surface area (Å²) < 4.78 is 11.4. The number of hydrogen-bond acceptors (Lipinski definition) is 5. The zero-order chi connectivity index (χ0) is 13.3. The summed E-state index contributed by atoms with van der Waals surface area (Å²) >= 11 is 0. The van der Waals surface area contributed by atoms with Crippen molar-refractivity contribution < 1.29 is 9.26 Å². The monoisotopic (exact) mass is 265 g/mol. The van der Waals surface area contributed by atoms with E-state index >= 15 is 0 Å². The molecule has 0 aromatic carbocycles. The van der Waals surface area contributed by atoms with Gasteiger partial charge in [-0.05, 0) is 45.4 Å². The van der Waals surface area contributed by atoms with Crippen molar-refractivity contribution in [2.75, 3.05) is 6.61 Å². The highest BCUT2D eigenvalue weighted by Gasteiger charge is 2.42. The van der Waals surface area contributed by atoms with Crippen LogP contribution in [0.25, 0.3) is 0 Å². The minimum Gasteiger partial charge on any atom is -0.367 e. The van der Waals surface area contributed by atoms with Gasteiger partial charge < -0.3 is 15.0 Å². The first kappa shape index (κ1) is 13.1. The van der Waals surface area contributed by atoms with E-state index in [0.29, 0.717) is 12.5 Å². The lowest BCUT2D eigenvalue weighted by molar-refractivity contribution is -0.0469. The maximum atomic E-state index is 6.11. The van der Waals surface area contributed by atoms with Crippen molar-refractivity contribution in [2.45, 2.75) is 69.4 Å². The summed E-state index contributed by atoms with van der Waals surface area (Å²) in [5, 5.41) is 4.20. The van der Waals surface area contributed by atoms with Gasteiger partial charge in [-0.25, -0.2) is 0 Å². The number of nitrogens with two attached hydrogens (primary N) is 1. The Morgan fingerprint density at radius 3 is 2.74 bits per heavy atom. The number of nitrogens with zero attached hydrogens (tertiary/aromatic N) is 2. The van der Waals surface area contributed by atoms with Crippen LogP contribution in [0.4, 0.5) is 0 Å². The van der Waals surface area contributed by atoms with Crippen LogP contribution in [-0.4, -0.2) is 22.8 Å². The Kier molecular flexibility index (Phi) is 3.58. The highest BCUT2D eigenvalue weighted by atomic mass is 16.5. The molecule has 1 aromatic heterocycles. The van der Waals surface area contributed by atoms with E-state index in [0.717, 1.165) is 37.9 Å². The molecule has 2 aliphatic rings. The third kappa shape index (κ3) is 2.30. The molecule has 0 radical (unpaired) electrons. The van der Waals surface area contributed by atoms with E-state index in [1.165, 1.54) is 12.8 Å². The highest BCUT2D eigenvalue weighted by molar-refractivity contribution is 5.08. The maximum absolute atomic E-state index is 6.11. The first-order valence-corrected chi connectivity index (χ1v) is 7.49. The van der Waals surface area contributed by atoms with Crippen LogP contribution in [0.2, 0.25) is 0 Å². The standard InChI is InChI=1S/C14H23N3O2/c1-2-18-14(8-3-4-9-14)13-16-12(19-17-13)10-6-5-7-11(10)15/h10-11H,2-9,15H2,1H3. The summed E-state index contributed by atoms with van der Waals surface area (Å²) in [4.78, 5) is 4.63. The number of ether oxygens (including phenoxy) is 1. The Morgan fingerprint density at radius 1 is 1.32 bits per heavy atom. The topological polar surface area (TPSA) is 74.2 Å². The van der Waals surface area contributed by atoms with Gasteiger partial charge in [0.15, 0.2) is 0 Å². The van der Waals surface area contributed by atoms with E-state index < -0.39 is 0 Å². The third-order valence-corrected chi connectivity index (χ3v) is 4.57. The molecule has 0 bridgehead atoms. The zero-order valence-electron chi connectivity index (χ0n) is 11.6. The van der Waals surface area contributed by atoms with Crippen molar-refractivity contribution >= 4 is 0 Å². The molecule has 0 saturated heterocycles. The molecule has 1 aromatic rings. The molecule has 2 N–H and O–H groups in total. The molecule has 1 heterocycles. The van der Waals surface area contributed by atoms with Gasteiger partial charge in [0.05, 0.1) is 5.92 Å². The minimum absolute atomic E-state index is 0.167. The second-order valence-corrected chi connectivity index (χ2v) is 5.79. The summed E-state index contributed by atoms with van der Waals surface area (Å²) in [5.41, 5.74) is 5.80. The smallest absolute Gasteiger partial charge is 0.231 e. The van der Waals surface area contributed by atoms with Crippen LogP contribution in [0.5, 0.6) is 0 Å². The normalized spacial score (nSPS) is 30.0. The molecule has 5 nitrogen and oxygen atoms in total. The fourth-order valence-electron chi connectivity index (χ4n) is 3.52. The zero-order valence-corrected chi connectivity index (χ0v) is 11.6. The van der Waals surface area contributed by atoms with Gasteiger partial charge >= 0.3 is 0 Å². The quantitative estimate of drug-likeness (QED) is 0.905. The molecular weight excluding hydrogens is 242 g/mol. The van der Waals surface area contributed by atoms with Crippen LogP contribution in [0.3, 0.4) is 0 Å². The van der Waals surface area contributed by atoms with Gasteiger partial charge in [0, 0.05) is 12.6 Å². The van der Waals surface area contributed by atoms with Crippen LogP contribution in [0.1, 0.15) is 69.5 Å². The molecule has 0 aliphatic heterocycles. The number of aromatic nitrogens is 2. The van der Waals surface area contributed by atoms with Gasteiger partial charge in [-0.1, -0.05) is 11.6 Å². The predicted octanol–water partition coefficient (Wildman–Crippen LogP) is 2.47. The fraction of sp³-hybridized carbons (Fsp3) is 0.857. The van der Waals surface area contributed by atoms with Crippen LogP contribution in [-0.2, 0) is 10.3 Å². The molecular formula is C14H23N3O2. The Hall–Kier alpha value is -0.940. The van der Waals surface area contributed by atoms with Crippen LogP contribution in [0.15, 0.2) is 4.52 Å². The molecule has 2 unspecified atom stereocenters. The first-order chi connectivity index (χ1) is 9.25. The molecule has 0 spiro atoms. The Balaban J connectivity index is 1.83. The van der Waals surface area contributed by atoms with Crippen LogP contribution < -0.4 is 5.73 Å². The highest BCUT2D eigenvalue weighted by Crippen LogP contribution is 2.41. The average Bonchev–Trinajstić information content (AvgIpc) is 3.08. The molecule has 0 amide bonds. The molecule has 2 saturated carbocycles. The lowest BCUT2D eigenvalue weighted by atomic mass is 10.0. The molecule has 19 heavy (non-hydrogen) atoms. The van der Waals surface area contributed by atoms with E-state index in [1.54, 1.807) is 0 Å². The fourth-order valence-corrected chi connectivity index (χ4v) is 3.52. The molecule has 2 aliphatic carbocycles. The Labute approximate surface area is 113 Å². The van der Waals surface area contributed by atoms with Gasteiger partial charge in [0.1, 0.15) is 5.60 Å². The Morgan fingerprint density at radius 2 is 2.11 bits per heavy atom. The van der Waals surface area contributed by atoms with E-state index in [1.807, 2.05) is 6.92 Å². The van der Waals surface area contributed by atoms with Crippen molar-refractivity contribution in [1.29, 1.82) is 0 Å². The molecule has 3 rings (SSSR count). The summed E-state index contributed by atoms with van der Waals surface area (Å²) in [6, 6.07) is 0.167. The van der Waals surface area contributed by atoms with Gasteiger partial charge in [0.25, 0.3) is 0 Å². The maximum Gasteiger partial charge on any atom is 0.231 e. The largest absolute Gasteiger partial charge is 0.367 e. The molecule has 2 fully saturated rings. The van der Waals surface area contributed by atoms with Crippen molar-refractivity contribution in [3.63, 3.8) is 0 Å². The van der Waals surface area contributed by atoms with Gasteiger partial charge in [-0.15, -0.1) is 0 Å². The summed E-state index contributed by atoms with van der Waals surface area (Å²) in [7, 11) is 0. The second kappa shape index (κ2) is 5.21. The number of rotatable bonds is 4. The number of hydrogen-bond donors (Lipinski definition) is 1. The average molecular weight is 265 g/mol. The molecule has 106 valence electrons. The molecule has 5 heteroatoms. The van der Waals surface area contributed by atoms with E-state index in [-0.39, 0.29) is 17.6 Å². The van der Waals surface area contributed by atoms with Crippen LogP contribution in [0, 0.1) is 0 Å². The summed E-state index contributed by atoms with van der Waals surface area (Å²) in [6.45, 7) is 2.71. The van der Waals surface area contributed by atoms with Gasteiger partial charge in [0.2, 0.25) is 11.7 Å². The van der Waals surface area contributed by atoms with Crippen molar-refractivity contribution in [3.05, 3.63) is 11.7 Å². The third-order valence-electron chi connectivity index (χ3n) is 4.57. The lowest BCUT2D eigenvalue weighted by Gasteiger charge is -2.24. The van der Waals surface area contributed by atoms with Gasteiger partial charge in [-0.2, -0.15) is 4.98 Å². The van der Waals surface area contributed by atoms with Crippen molar-refractivity contribution in [2.24, 2.45) is 5.73 Å². The van der Waals surface area contributed by atoms with Crippen LogP contribution >= 0.6 is 0 Å².